The Bertz CT molecular complexity index is 817. The Hall–Kier alpha value is -2.59. The van der Waals surface area contributed by atoms with E-state index in [0.29, 0.717) is 17.5 Å². The third-order valence-corrected chi connectivity index (χ3v) is 3.33. The molecule has 0 bridgehead atoms. The summed E-state index contributed by atoms with van der Waals surface area (Å²) in [5.74, 6) is 1.29. The zero-order valence-electron chi connectivity index (χ0n) is 11.9. The minimum Gasteiger partial charge on any atom is -0.366 e. The largest absolute Gasteiger partial charge is 0.366 e. The highest BCUT2D eigenvalue weighted by Gasteiger charge is 2.07. The van der Waals surface area contributed by atoms with Gasteiger partial charge in [0.15, 0.2) is 0 Å². The lowest BCUT2D eigenvalue weighted by Gasteiger charge is -2.11. The molecule has 5 heteroatoms. The molecule has 110 valence electrons. The minimum atomic E-state index is 0.521. The van der Waals surface area contributed by atoms with Gasteiger partial charge in [0.1, 0.15) is 5.82 Å². The van der Waals surface area contributed by atoms with Crippen LogP contribution >= 0.6 is 11.6 Å². The first kappa shape index (κ1) is 14.4. The Labute approximate surface area is 133 Å². The lowest BCUT2D eigenvalue weighted by molar-refractivity contribution is 1.18. The van der Waals surface area contributed by atoms with Crippen molar-refractivity contribution in [2.45, 2.75) is 0 Å². The zero-order valence-corrected chi connectivity index (χ0v) is 12.6. The van der Waals surface area contributed by atoms with Crippen LogP contribution in [0.1, 0.15) is 0 Å². The smallest absolute Gasteiger partial charge is 0.229 e. The first-order valence-corrected chi connectivity index (χ1v) is 7.28. The van der Waals surface area contributed by atoms with Crippen LogP contribution in [0.25, 0.3) is 10.9 Å². The third-order valence-electron chi connectivity index (χ3n) is 3.10. The van der Waals surface area contributed by atoms with Crippen LogP contribution in [0, 0.1) is 0 Å². The second-order valence-electron chi connectivity index (χ2n) is 4.72. The molecule has 1 heterocycles. The fourth-order valence-corrected chi connectivity index (χ4v) is 2.32. The highest BCUT2D eigenvalue weighted by Crippen LogP contribution is 2.24. The molecule has 1 aromatic heterocycles. The van der Waals surface area contributed by atoms with Crippen LogP contribution in [0.4, 0.5) is 17.5 Å². The van der Waals surface area contributed by atoms with Gasteiger partial charge in [-0.1, -0.05) is 35.9 Å². The number of rotatable bonds is 5. The Morgan fingerprint density at radius 3 is 2.77 bits per heavy atom. The molecule has 0 fully saturated rings. The number of nitrogens with zero attached hydrogens (tertiary/aromatic N) is 2. The molecule has 4 nitrogen and oxygen atoms in total. The van der Waals surface area contributed by atoms with Gasteiger partial charge in [0.25, 0.3) is 0 Å². The Morgan fingerprint density at radius 2 is 1.95 bits per heavy atom. The van der Waals surface area contributed by atoms with Crippen LogP contribution in [0.15, 0.2) is 61.2 Å². The second-order valence-corrected chi connectivity index (χ2v) is 5.15. The quantitative estimate of drug-likeness (QED) is 0.675. The van der Waals surface area contributed by atoms with E-state index in [1.165, 1.54) is 0 Å². The van der Waals surface area contributed by atoms with Crippen molar-refractivity contribution in [3.63, 3.8) is 0 Å². The molecule has 0 unspecified atom stereocenters. The molecule has 2 N–H and O–H groups in total. The number of aromatic nitrogens is 2. The maximum absolute atomic E-state index is 6.00. The topological polar surface area (TPSA) is 49.8 Å². The number of fused-ring (bicyclic) bond motifs is 1. The van der Waals surface area contributed by atoms with Crippen LogP contribution in [0.5, 0.6) is 0 Å². The van der Waals surface area contributed by atoms with Crippen molar-refractivity contribution < 1.29 is 0 Å². The van der Waals surface area contributed by atoms with E-state index in [1.54, 1.807) is 6.08 Å². The van der Waals surface area contributed by atoms with Gasteiger partial charge in [0.2, 0.25) is 5.95 Å². The molecule has 2 aromatic carbocycles. The number of halogens is 1. The van der Waals surface area contributed by atoms with E-state index in [-0.39, 0.29) is 0 Å². The number of nitrogens with one attached hydrogen (secondary N) is 2. The molecule has 0 saturated carbocycles. The Kier molecular flexibility index (Phi) is 4.21. The summed E-state index contributed by atoms with van der Waals surface area (Å²) in [7, 11) is 0. The fourth-order valence-electron chi connectivity index (χ4n) is 2.13. The van der Waals surface area contributed by atoms with E-state index in [4.69, 9.17) is 11.6 Å². The molecule has 0 aliphatic rings. The van der Waals surface area contributed by atoms with Crippen LogP contribution < -0.4 is 10.6 Å². The third kappa shape index (κ3) is 3.18. The van der Waals surface area contributed by atoms with Gasteiger partial charge >= 0.3 is 0 Å². The Balaban J connectivity index is 2.00. The maximum atomic E-state index is 6.00. The molecule has 3 aromatic rings. The summed E-state index contributed by atoms with van der Waals surface area (Å²) in [5, 5.41) is 8.06. The van der Waals surface area contributed by atoms with Crippen molar-refractivity contribution in [3.05, 3.63) is 66.2 Å². The molecule has 0 amide bonds. The standard InChI is InChI=1S/C17H15ClN4/c1-2-10-19-16-14-8-3-4-9-15(14)21-17(22-16)20-13-7-5-6-12(18)11-13/h2-9,11H,1,10H2,(H2,19,20,21,22). The van der Waals surface area contributed by atoms with Gasteiger partial charge in [0.05, 0.1) is 5.52 Å². The molecular formula is C17H15ClN4. The highest BCUT2D eigenvalue weighted by atomic mass is 35.5. The van der Waals surface area contributed by atoms with Gasteiger partial charge in [-0.25, -0.2) is 4.98 Å². The van der Waals surface area contributed by atoms with Crippen LogP contribution in [-0.2, 0) is 0 Å². The first-order chi connectivity index (χ1) is 10.8. The lowest BCUT2D eigenvalue weighted by atomic mass is 10.2. The number of benzene rings is 2. The average molecular weight is 311 g/mol. The molecule has 0 aliphatic carbocycles. The number of para-hydroxylation sites is 1. The van der Waals surface area contributed by atoms with E-state index in [0.717, 1.165) is 22.4 Å². The molecule has 0 spiro atoms. The number of hydrogen-bond acceptors (Lipinski definition) is 4. The van der Waals surface area contributed by atoms with Gasteiger partial charge in [-0.3, -0.25) is 0 Å². The van der Waals surface area contributed by atoms with E-state index in [1.807, 2.05) is 48.5 Å². The summed E-state index contributed by atoms with van der Waals surface area (Å²) in [6.07, 6.45) is 1.79. The average Bonchev–Trinajstić information content (AvgIpc) is 2.52. The summed E-state index contributed by atoms with van der Waals surface area (Å²) >= 11 is 6.00. The summed E-state index contributed by atoms with van der Waals surface area (Å²) < 4.78 is 0. The van der Waals surface area contributed by atoms with Gasteiger partial charge in [-0.2, -0.15) is 4.98 Å². The first-order valence-electron chi connectivity index (χ1n) is 6.90. The second kappa shape index (κ2) is 6.45. The molecular weight excluding hydrogens is 296 g/mol. The molecule has 22 heavy (non-hydrogen) atoms. The maximum Gasteiger partial charge on any atom is 0.229 e. The van der Waals surface area contributed by atoms with Gasteiger partial charge < -0.3 is 10.6 Å². The minimum absolute atomic E-state index is 0.521. The molecule has 3 rings (SSSR count). The predicted octanol–water partition coefficient (Wildman–Crippen LogP) is 4.62. The molecule has 0 aliphatic heterocycles. The van der Waals surface area contributed by atoms with Crippen LogP contribution in [-0.4, -0.2) is 16.5 Å². The SMILES string of the molecule is C=CCNc1nc(Nc2cccc(Cl)c2)nc2ccccc12. The fraction of sp³-hybridized carbons (Fsp3) is 0.0588. The van der Waals surface area contributed by atoms with Crippen molar-refractivity contribution in [3.8, 4) is 0 Å². The van der Waals surface area contributed by atoms with Crippen molar-refractivity contribution >= 4 is 40.0 Å². The monoisotopic (exact) mass is 310 g/mol. The zero-order chi connectivity index (χ0) is 15.4. The van der Waals surface area contributed by atoms with Crippen molar-refractivity contribution in [2.75, 3.05) is 17.2 Å². The summed E-state index contributed by atoms with van der Waals surface area (Å²) in [4.78, 5) is 9.08. The lowest BCUT2D eigenvalue weighted by Crippen LogP contribution is -2.05. The van der Waals surface area contributed by atoms with E-state index >= 15 is 0 Å². The molecule has 0 atom stereocenters. The van der Waals surface area contributed by atoms with E-state index in [9.17, 15) is 0 Å². The summed E-state index contributed by atoms with van der Waals surface area (Å²) in [6.45, 7) is 4.36. The van der Waals surface area contributed by atoms with Gasteiger partial charge in [-0.15, -0.1) is 6.58 Å². The normalized spacial score (nSPS) is 10.4. The summed E-state index contributed by atoms with van der Waals surface area (Å²) in [6, 6.07) is 15.3. The van der Waals surface area contributed by atoms with Crippen molar-refractivity contribution in [2.24, 2.45) is 0 Å². The number of hydrogen-bond donors (Lipinski definition) is 2. The predicted molar refractivity (Wildman–Crippen MR) is 93.0 cm³/mol. The highest BCUT2D eigenvalue weighted by molar-refractivity contribution is 6.30. The van der Waals surface area contributed by atoms with Crippen LogP contribution in [0.3, 0.4) is 0 Å². The van der Waals surface area contributed by atoms with Gasteiger partial charge in [0, 0.05) is 22.6 Å². The number of anilines is 3. The Morgan fingerprint density at radius 1 is 1.09 bits per heavy atom. The molecule has 0 radical (unpaired) electrons. The van der Waals surface area contributed by atoms with Crippen molar-refractivity contribution in [1.82, 2.24) is 9.97 Å². The van der Waals surface area contributed by atoms with E-state index < -0.39 is 0 Å². The molecule has 0 saturated heterocycles. The van der Waals surface area contributed by atoms with E-state index in [2.05, 4.69) is 27.2 Å². The summed E-state index contributed by atoms with van der Waals surface area (Å²) in [5.41, 5.74) is 1.71. The van der Waals surface area contributed by atoms with Gasteiger partial charge in [-0.05, 0) is 30.3 Å². The van der Waals surface area contributed by atoms with Crippen molar-refractivity contribution in [1.29, 1.82) is 0 Å². The van der Waals surface area contributed by atoms with Crippen LogP contribution in [0.2, 0.25) is 5.02 Å².